The van der Waals surface area contributed by atoms with Crippen molar-refractivity contribution in [2.24, 2.45) is 5.14 Å². The van der Waals surface area contributed by atoms with Gasteiger partial charge in [-0.15, -0.1) is 0 Å². The number of nitrogens with one attached hydrogen (secondary N) is 1. The molecule has 0 bridgehead atoms. The molecule has 8 heteroatoms. The Labute approximate surface area is 92.9 Å². The number of aromatic nitrogens is 2. The fourth-order valence-electron chi connectivity index (χ4n) is 0.917. The zero-order valence-corrected chi connectivity index (χ0v) is 9.42. The van der Waals surface area contributed by atoms with Gasteiger partial charge in [0.2, 0.25) is 10.0 Å². The second-order valence-corrected chi connectivity index (χ2v) is 5.00. The van der Waals surface area contributed by atoms with Crippen LogP contribution in [0.25, 0.3) is 0 Å². The van der Waals surface area contributed by atoms with E-state index in [1.54, 1.807) is 0 Å². The lowest BCUT2D eigenvalue weighted by atomic mass is 10.5. The summed E-state index contributed by atoms with van der Waals surface area (Å²) < 4.78 is 21.2. The minimum atomic E-state index is -3.39. The van der Waals surface area contributed by atoms with Crippen molar-refractivity contribution in [1.82, 2.24) is 9.97 Å². The predicted molar refractivity (Wildman–Crippen MR) is 58.1 cm³/mol. The van der Waals surface area contributed by atoms with Gasteiger partial charge in [0.05, 0.1) is 18.1 Å². The van der Waals surface area contributed by atoms with Crippen LogP contribution in [0, 0.1) is 0 Å². The molecular weight excluding hydrogens is 240 g/mol. The Morgan fingerprint density at radius 1 is 1.47 bits per heavy atom. The van der Waals surface area contributed by atoms with Crippen LogP contribution in [0.4, 0.5) is 5.82 Å². The van der Waals surface area contributed by atoms with Gasteiger partial charge in [0.15, 0.2) is 0 Å². The third-order valence-corrected chi connectivity index (χ3v) is 2.56. The maximum Gasteiger partial charge on any atom is 0.209 e. The third kappa shape index (κ3) is 5.50. The van der Waals surface area contributed by atoms with Crippen LogP contribution in [0.2, 0.25) is 5.15 Å². The van der Waals surface area contributed by atoms with E-state index in [9.17, 15) is 8.42 Å². The van der Waals surface area contributed by atoms with Crippen molar-refractivity contribution in [2.75, 3.05) is 17.6 Å². The smallest absolute Gasteiger partial charge is 0.209 e. The van der Waals surface area contributed by atoms with Gasteiger partial charge in [-0.05, 0) is 6.42 Å². The van der Waals surface area contributed by atoms with E-state index in [2.05, 4.69) is 15.3 Å². The molecule has 0 saturated carbocycles. The Balaban J connectivity index is 2.32. The molecule has 0 aliphatic carbocycles. The number of nitrogens with two attached hydrogens (primary N) is 1. The summed E-state index contributed by atoms with van der Waals surface area (Å²) >= 11 is 5.60. The molecule has 0 atom stereocenters. The van der Waals surface area contributed by atoms with Crippen molar-refractivity contribution in [3.63, 3.8) is 0 Å². The van der Waals surface area contributed by atoms with Crippen molar-refractivity contribution in [2.45, 2.75) is 6.42 Å². The molecule has 0 aliphatic rings. The zero-order valence-electron chi connectivity index (χ0n) is 7.85. The summed E-state index contributed by atoms with van der Waals surface area (Å²) in [4.78, 5) is 7.73. The lowest BCUT2D eigenvalue weighted by Crippen LogP contribution is -2.18. The van der Waals surface area contributed by atoms with Crippen LogP contribution in [-0.2, 0) is 10.0 Å². The summed E-state index contributed by atoms with van der Waals surface area (Å²) in [5.74, 6) is 0.450. The Hall–Kier alpha value is -0.920. The molecule has 1 aromatic heterocycles. The molecule has 0 aliphatic heterocycles. The molecule has 1 heterocycles. The lowest BCUT2D eigenvalue weighted by molar-refractivity contribution is 0.595. The van der Waals surface area contributed by atoms with Crippen LogP contribution >= 0.6 is 11.6 Å². The van der Waals surface area contributed by atoms with E-state index in [1.807, 2.05) is 0 Å². The van der Waals surface area contributed by atoms with E-state index in [0.29, 0.717) is 18.8 Å². The van der Waals surface area contributed by atoms with Crippen molar-refractivity contribution in [1.29, 1.82) is 0 Å². The van der Waals surface area contributed by atoms with E-state index >= 15 is 0 Å². The average Bonchev–Trinajstić information content (AvgIpc) is 2.11. The predicted octanol–water partition coefficient (Wildman–Crippen LogP) is 0.221. The van der Waals surface area contributed by atoms with Crippen LogP contribution in [0.5, 0.6) is 0 Å². The Kier molecular flexibility index (Phi) is 4.25. The monoisotopic (exact) mass is 250 g/mol. The SMILES string of the molecule is NS(=O)(=O)CCCNc1cncc(Cl)n1. The molecule has 6 nitrogen and oxygen atoms in total. The molecule has 1 rings (SSSR count). The highest BCUT2D eigenvalue weighted by Crippen LogP contribution is 2.06. The molecule has 0 fully saturated rings. The number of nitrogens with zero attached hydrogens (tertiary/aromatic N) is 2. The summed E-state index contributed by atoms with van der Waals surface area (Å²) in [5.41, 5.74) is 0. The fourth-order valence-corrected chi connectivity index (χ4v) is 1.61. The van der Waals surface area contributed by atoms with Gasteiger partial charge < -0.3 is 5.32 Å². The molecule has 84 valence electrons. The summed E-state index contributed by atoms with van der Waals surface area (Å²) in [5, 5.41) is 8.00. The molecule has 0 unspecified atom stereocenters. The number of hydrogen-bond donors (Lipinski definition) is 2. The molecule has 1 aromatic rings. The molecule has 0 aromatic carbocycles. The van der Waals surface area contributed by atoms with Gasteiger partial charge >= 0.3 is 0 Å². The van der Waals surface area contributed by atoms with Crippen LogP contribution in [-0.4, -0.2) is 30.7 Å². The number of hydrogen-bond acceptors (Lipinski definition) is 5. The third-order valence-electron chi connectivity index (χ3n) is 1.52. The minimum absolute atomic E-state index is 0.0615. The maximum atomic E-state index is 10.6. The number of anilines is 1. The van der Waals surface area contributed by atoms with Crippen molar-refractivity contribution >= 4 is 27.4 Å². The minimum Gasteiger partial charge on any atom is -0.369 e. The molecule has 0 amide bonds. The molecule has 0 radical (unpaired) electrons. The number of rotatable bonds is 5. The number of sulfonamides is 1. The average molecular weight is 251 g/mol. The first-order valence-corrected chi connectivity index (χ1v) is 6.28. The van der Waals surface area contributed by atoms with Crippen LogP contribution in [0.15, 0.2) is 12.4 Å². The second kappa shape index (κ2) is 5.24. The zero-order chi connectivity index (χ0) is 11.3. The highest BCUT2D eigenvalue weighted by molar-refractivity contribution is 7.89. The summed E-state index contributed by atoms with van der Waals surface area (Å²) in [7, 11) is -3.39. The van der Waals surface area contributed by atoms with Gasteiger partial charge in [-0.1, -0.05) is 11.6 Å². The topological polar surface area (TPSA) is 98.0 Å². The fraction of sp³-hybridized carbons (Fsp3) is 0.429. The first-order valence-electron chi connectivity index (χ1n) is 4.19. The van der Waals surface area contributed by atoms with Crippen LogP contribution in [0.3, 0.4) is 0 Å². The lowest BCUT2D eigenvalue weighted by Gasteiger charge is -2.03. The Bertz CT molecular complexity index is 423. The second-order valence-electron chi connectivity index (χ2n) is 2.87. The standard InChI is InChI=1S/C7H11ClN4O2S/c8-6-4-10-5-7(12-6)11-2-1-3-15(9,13)14/h4-5H,1-3H2,(H,11,12)(H2,9,13,14). The van der Waals surface area contributed by atoms with Gasteiger partial charge in [0.25, 0.3) is 0 Å². The quantitative estimate of drug-likeness (QED) is 0.729. The van der Waals surface area contributed by atoms with Gasteiger partial charge in [0.1, 0.15) is 11.0 Å². The highest BCUT2D eigenvalue weighted by atomic mass is 35.5. The first kappa shape index (κ1) is 12.2. The van der Waals surface area contributed by atoms with Gasteiger partial charge in [-0.3, -0.25) is 4.98 Å². The van der Waals surface area contributed by atoms with Crippen molar-refractivity contribution in [3.05, 3.63) is 17.5 Å². The maximum absolute atomic E-state index is 10.6. The van der Waals surface area contributed by atoms with Crippen molar-refractivity contribution in [3.8, 4) is 0 Å². The Morgan fingerprint density at radius 2 is 2.20 bits per heavy atom. The van der Waals surface area contributed by atoms with E-state index in [1.165, 1.54) is 12.4 Å². The van der Waals surface area contributed by atoms with E-state index in [4.69, 9.17) is 16.7 Å². The largest absolute Gasteiger partial charge is 0.369 e. The Morgan fingerprint density at radius 3 is 2.80 bits per heavy atom. The van der Waals surface area contributed by atoms with Crippen LogP contribution in [0.1, 0.15) is 6.42 Å². The highest BCUT2D eigenvalue weighted by Gasteiger charge is 2.01. The molecular formula is C7H11ClN4O2S. The summed E-state index contributed by atoms with van der Waals surface area (Å²) in [6.45, 7) is 0.450. The number of primary sulfonamides is 1. The number of halogens is 1. The molecule has 0 saturated heterocycles. The normalized spacial score (nSPS) is 11.3. The molecule has 0 spiro atoms. The molecule has 3 N–H and O–H groups in total. The van der Waals surface area contributed by atoms with E-state index < -0.39 is 10.0 Å². The van der Waals surface area contributed by atoms with E-state index in [0.717, 1.165) is 0 Å². The van der Waals surface area contributed by atoms with Gasteiger partial charge in [0, 0.05) is 6.54 Å². The van der Waals surface area contributed by atoms with Crippen molar-refractivity contribution < 1.29 is 8.42 Å². The van der Waals surface area contributed by atoms with Gasteiger partial charge in [-0.2, -0.15) is 0 Å². The van der Waals surface area contributed by atoms with Crippen LogP contribution < -0.4 is 10.5 Å². The molecule has 15 heavy (non-hydrogen) atoms. The van der Waals surface area contributed by atoms with E-state index in [-0.39, 0.29) is 10.9 Å². The first-order chi connectivity index (χ1) is 6.97. The van der Waals surface area contributed by atoms with Gasteiger partial charge in [-0.25, -0.2) is 18.5 Å². The summed E-state index contributed by atoms with van der Waals surface area (Å²) in [6.07, 6.45) is 3.33. The summed E-state index contributed by atoms with van der Waals surface area (Å²) in [6, 6.07) is 0.